The second-order valence-corrected chi connectivity index (χ2v) is 10.0. The van der Waals surface area contributed by atoms with E-state index in [0.29, 0.717) is 18.0 Å². The Hall–Kier alpha value is -0.0200. The molecule has 4 fully saturated rings. The van der Waals surface area contributed by atoms with E-state index in [1.165, 1.54) is 0 Å². The van der Waals surface area contributed by atoms with Crippen LogP contribution < -0.4 is 0 Å². The van der Waals surface area contributed by atoms with Crippen LogP contribution in [0.3, 0.4) is 0 Å². The van der Waals surface area contributed by atoms with Gasteiger partial charge in [-0.25, -0.2) is 0 Å². The van der Waals surface area contributed by atoms with E-state index in [2.05, 4.69) is 13.8 Å². The van der Waals surface area contributed by atoms with Crippen LogP contribution in [0, 0.1) is 11.3 Å². The Bertz CT molecular complexity index is 453. The summed E-state index contributed by atoms with van der Waals surface area (Å²) >= 11 is 5.42. The molecule has 4 unspecified atom stereocenters. The fourth-order valence-corrected chi connectivity index (χ4v) is 5.91. The number of hydrogen-bond donors (Lipinski definition) is 2. The third kappa shape index (κ3) is 2.59. The zero-order valence-electron chi connectivity index (χ0n) is 12.9. The lowest BCUT2D eigenvalue weighted by molar-refractivity contribution is -0.312. The zero-order chi connectivity index (χ0) is 16.1. The van der Waals surface area contributed by atoms with Crippen LogP contribution in [0.5, 0.6) is 0 Å². The van der Waals surface area contributed by atoms with Crippen molar-refractivity contribution in [2.75, 3.05) is 11.8 Å². The molecule has 1 heterocycles. The van der Waals surface area contributed by atoms with Gasteiger partial charge in [0.1, 0.15) is 0 Å². The SMILES string of the molecule is CC1(O)CCC2CC1(O)C2(C)C.O=C1CCP(CCl)C1=O. The summed E-state index contributed by atoms with van der Waals surface area (Å²) < 4.78 is 0. The highest BCUT2D eigenvalue weighted by atomic mass is 35.5. The Labute approximate surface area is 132 Å². The topological polar surface area (TPSA) is 74.6 Å². The predicted molar refractivity (Wildman–Crippen MR) is 83.8 cm³/mol. The summed E-state index contributed by atoms with van der Waals surface area (Å²) in [5, 5.41) is 20.3. The molecule has 6 heteroatoms. The number of Topliss-reactive ketones (excluding diaryl/α,β-unsaturated/α-hetero) is 1. The monoisotopic (exact) mass is 334 g/mol. The van der Waals surface area contributed by atoms with Crippen molar-refractivity contribution in [2.45, 2.75) is 57.7 Å². The normalized spacial score (nSPS) is 43.9. The summed E-state index contributed by atoms with van der Waals surface area (Å²) in [5.41, 5.74) is -1.64. The Morgan fingerprint density at radius 3 is 2.19 bits per heavy atom. The average molecular weight is 335 g/mol. The van der Waals surface area contributed by atoms with E-state index in [9.17, 15) is 19.8 Å². The summed E-state index contributed by atoms with van der Waals surface area (Å²) in [6.07, 6.45) is 3.74. The van der Waals surface area contributed by atoms with Crippen molar-refractivity contribution in [2.24, 2.45) is 11.3 Å². The van der Waals surface area contributed by atoms with Gasteiger partial charge in [-0.2, -0.15) is 0 Å². The summed E-state index contributed by atoms with van der Waals surface area (Å²) in [6.45, 7) is 5.90. The van der Waals surface area contributed by atoms with E-state index in [1.807, 2.05) is 0 Å². The van der Waals surface area contributed by atoms with Crippen molar-refractivity contribution in [1.29, 1.82) is 0 Å². The second kappa shape index (κ2) is 5.56. The first-order valence-corrected chi connectivity index (χ1v) is 9.64. The number of halogens is 1. The molecule has 1 saturated heterocycles. The largest absolute Gasteiger partial charge is 0.387 e. The second-order valence-electron chi connectivity index (χ2n) is 7.16. The van der Waals surface area contributed by atoms with Crippen LogP contribution in [-0.2, 0) is 9.59 Å². The Morgan fingerprint density at radius 1 is 1.29 bits per heavy atom. The molecule has 2 bridgehead atoms. The first kappa shape index (κ1) is 17.3. The van der Waals surface area contributed by atoms with Crippen molar-refractivity contribution in [3.63, 3.8) is 0 Å². The van der Waals surface area contributed by atoms with Gasteiger partial charge in [0.2, 0.25) is 11.3 Å². The molecule has 0 amide bonds. The van der Waals surface area contributed by atoms with Gasteiger partial charge in [0, 0.05) is 12.0 Å². The Morgan fingerprint density at radius 2 is 1.90 bits per heavy atom. The molecule has 4 rings (SSSR count). The molecule has 4 atom stereocenters. The van der Waals surface area contributed by atoms with Crippen molar-refractivity contribution in [3.05, 3.63) is 0 Å². The molecule has 120 valence electrons. The van der Waals surface area contributed by atoms with Gasteiger partial charge in [-0.3, -0.25) is 9.59 Å². The van der Waals surface area contributed by atoms with Crippen LogP contribution in [0.2, 0.25) is 0 Å². The molecule has 4 nitrogen and oxygen atoms in total. The minimum Gasteiger partial charge on any atom is -0.387 e. The maximum atomic E-state index is 10.7. The number of alkyl halides is 1. The van der Waals surface area contributed by atoms with Crippen molar-refractivity contribution >= 4 is 30.8 Å². The predicted octanol–water partition coefficient (Wildman–Crippen LogP) is 2.47. The van der Waals surface area contributed by atoms with Crippen LogP contribution in [0.4, 0.5) is 0 Å². The summed E-state index contributed by atoms with van der Waals surface area (Å²) in [6, 6.07) is 0. The summed E-state index contributed by atoms with van der Waals surface area (Å²) in [7, 11) is -0.766. The maximum absolute atomic E-state index is 10.7. The van der Waals surface area contributed by atoms with Crippen LogP contribution in [0.15, 0.2) is 0 Å². The number of ketones is 1. The number of aliphatic hydroxyl groups is 2. The lowest BCUT2D eigenvalue weighted by atomic mass is 9.41. The van der Waals surface area contributed by atoms with Crippen LogP contribution in [-0.4, -0.2) is 44.5 Å². The van der Waals surface area contributed by atoms with E-state index in [1.54, 1.807) is 6.92 Å². The smallest absolute Gasteiger partial charge is 0.220 e. The van der Waals surface area contributed by atoms with E-state index < -0.39 is 19.1 Å². The molecule has 0 spiro atoms. The standard InChI is InChI=1S/C10H18O2.C5H6ClO2P/c1-8(2)7-4-5-9(3,11)10(8,12)6-7;6-3-9-2-1-4(7)5(9)8/h7,11-12H,4-6H2,1-3H3;1-3H2. The van der Waals surface area contributed by atoms with Crippen molar-refractivity contribution in [1.82, 2.24) is 0 Å². The van der Waals surface area contributed by atoms with Crippen LogP contribution in [0.25, 0.3) is 0 Å². The Balaban J connectivity index is 0.000000161. The highest BCUT2D eigenvalue weighted by Crippen LogP contribution is 2.65. The number of fused-ring (bicyclic) bond motifs is 2. The highest BCUT2D eigenvalue weighted by molar-refractivity contribution is 7.79. The maximum Gasteiger partial charge on any atom is 0.220 e. The van der Waals surface area contributed by atoms with Gasteiger partial charge in [0.15, 0.2) is 0 Å². The van der Waals surface area contributed by atoms with Gasteiger partial charge in [-0.15, -0.1) is 11.6 Å². The molecule has 0 aromatic rings. The number of carbonyl (C=O) groups excluding carboxylic acids is 2. The van der Waals surface area contributed by atoms with Crippen molar-refractivity contribution in [3.8, 4) is 0 Å². The van der Waals surface area contributed by atoms with Gasteiger partial charge in [0.25, 0.3) is 0 Å². The zero-order valence-corrected chi connectivity index (χ0v) is 14.5. The minimum atomic E-state index is -0.870. The quantitative estimate of drug-likeness (QED) is 0.439. The fraction of sp³-hybridized carbons (Fsp3) is 0.867. The first-order chi connectivity index (χ1) is 9.57. The van der Waals surface area contributed by atoms with Gasteiger partial charge in [-0.05, 0) is 51.6 Å². The van der Waals surface area contributed by atoms with Crippen LogP contribution >= 0.6 is 19.5 Å². The van der Waals surface area contributed by atoms with Crippen molar-refractivity contribution < 1.29 is 19.8 Å². The molecular weight excluding hydrogens is 311 g/mol. The van der Waals surface area contributed by atoms with Gasteiger partial charge in [0.05, 0.1) is 11.2 Å². The number of carbonyl (C=O) groups is 2. The molecule has 1 aliphatic heterocycles. The fourth-order valence-electron chi connectivity index (χ4n) is 3.86. The van der Waals surface area contributed by atoms with E-state index in [-0.39, 0.29) is 16.7 Å². The average Bonchev–Trinajstić information content (AvgIpc) is 2.73. The number of hydrogen-bond acceptors (Lipinski definition) is 4. The molecule has 21 heavy (non-hydrogen) atoms. The molecule has 2 N–H and O–H groups in total. The summed E-state index contributed by atoms with van der Waals surface area (Å²) in [5.74, 6) is 0.393. The van der Waals surface area contributed by atoms with Gasteiger partial charge in [-0.1, -0.05) is 13.8 Å². The Kier molecular flexibility index (Phi) is 4.59. The number of rotatable bonds is 1. The lowest BCUT2D eigenvalue weighted by Gasteiger charge is -2.68. The molecule has 0 aromatic heterocycles. The summed E-state index contributed by atoms with van der Waals surface area (Å²) in [4.78, 5) is 21.3. The van der Waals surface area contributed by atoms with E-state index >= 15 is 0 Å². The minimum absolute atomic E-state index is 0.0885. The molecule has 0 aromatic carbocycles. The van der Waals surface area contributed by atoms with E-state index in [4.69, 9.17) is 11.6 Å². The third-order valence-electron chi connectivity index (χ3n) is 5.78. The lowest BCUT2D eigenvalue weighted by Crippen LogP contribution is -2.74. The van der Waals surface area contributed by atoms with E-state index in [0.717, 1.165) is 25.4 Å². The molecule has 4 aliphatic rings. The van der Waals surface area contributed by atoms with Gasteiger partial charge < -0.3 is 10.2 Å². The molecule has 3 saturated carbocycles. The highest BCUT2D eigenvalue weighted by Gasteiger charge is 2.69. The van der Waals surface area contributed by atoms with Crippen LogP contribution in [0.1, 0.15) is 46.5 Å². The molecule has 3 aliphatic carbocycles. The molecular formula is C15H24ClO4P. The third-order valence-corrected chi connectivity index (χ3v) is 8.52. The molecule has 0 radical (unpaired) electrons. The first-order valence-electron chi connectivity index (χ1n) is 7.39. The van der Waals surface area contributed by atoms with Gasteiger partial charge >= 0.3 is 0 Å².